The Morgan fingerprint density at radius 3 is 2.96 bits per heavy atom. The Morgan fingerprint density at radius 2 is 2.22 bits per heavy atom. The Balaban J connectivity index is 1.73. The fourth-order valence-electron chi connectivity index (χ4n) is 2.93. The van der Waals surface area contributed by atoms with E-state index in [2.05, 4.69) is 10.5 Å². The summed E-state index contributed by atoms with van der Waals surface area (Å²) in [4.78, 5) is 4.29. The number of nitrogens with one attached hydrogen (secondary N) is 1. The summed E-state index contributed by atoms with van der Waals surface area (Å²) in [6.45, 7) is 0.609. The van der Waals surface area contributed by atoms with Gasteiger partial charge in [-0.15, -0.1) is 0 Å². The minimum Gasteiger partial charge on any atom is -0.376 e. The molecule has 6 nitrogen and oxygen atoms in total. The molecule has 1 saturated heterocycles. The second-order valence-corrected chi connectivity index (χ2v) is 7.99. The van der Waals surface area contributed by atoms with Gasteiger partial charge in [0.15, 0.2) is 9.84 Å². The molecule has 1 aliphatic heterocycles. The summed E-state index contributed by atoms with van der Waals surface area (Å²) in [6, 6.07) is 8.82. The van der Waals surface area contributed by atoms with Gasteiger partial charge in [0.1, 0.15) is 0 Å². The third kappa shape index (κ3) is 4.06. The number of pyridine rings is 1. The van der Waals surface area contributed by atoms with Gasteiger partial charge >= 0.3 is 0 Å². The van der Waals surface area contributed by atoms with Crippen LogP contribution in [0, 0.1) is 0 Å². The van der Waals surface area contributed by atoms with Crippen LogP contribution in [0.5, 0.6) is 0 Å². The molecule has 1 unspecified atom stereocenters. The standard InChI is InChI=1S/C16H20N2O4S/c19-18-15(16-6-3-7-22-16)11-23(20,21)10-12-8-13-4-1-2-5-14(13)17-9-12/h1-2,4-5,8-9,15-16,18-19H,3,6-7,10-11H2/t15?,16-/m1/s1. The normalized spacial score (nSPS) is 20.0. The van der Waals surface area contributed by atoms with Gasteiger partial charge in [0.05, 0.1) is 29.2 Å². The van der Waals surface area contributed by atoms with Gasteiger partial charge in [-0.05, 0) is 30.5 Å². The van der Waals surface area contributed by atoms with E-state index in [9.17, 15) is 13.6 Å². The van der Waals surface area contributed by atoms with E-state index < -0.39 is 15.9 Å². The Labute approximate surface area is 135 Å². The zero-order valence-electron chi connectivity index (χ0n) is 12.7. The molecule has 2 heterocycles. The summed E-state index contributed by atoms with van der Waals surface area (Å²) in [5.41, 5.74) is 3.58. The van der Waals surface area contributed by atoms with Crippen molar-refractivity contribution in [3.8, 4) is 0 Å². The zero-order chi connectivity index (χ0) is 16.3. The molecule has 0 amide bonds. The summed E-state index contributed by atoms with van der Waals surface area (Å²) in [5, 5.41) is 10.2. The third-order valence-electron chi connectivity index (χ3n) is 4.05. The lowest BCUT2D eigenvalue weighted by Gasteiger charge is -2.21. The SMILES string of the molecule is O=S(=O)(Cc1cnc2ccccc2c1)CC(NO)[C@H]1CCCO1. The zero-order valence-corrected chi connectivity index (χ0v) is 13.5. The Hall–Kier alpha value is -1.54. The first-order valence-corrected chi connectivity index (χ1v) is 9.45. The van der Waals surface area contributed by atoms with E-state index in [1.54, 1.807) is 6.20 Å². The molecular formula is C16H20N2O4S. The number of hydroxylamine groups is 1. The number of para-hydroxylation sites is 1. The van der Waals surface area contributed by atoms with Crippen molar-refractivity contribution in [2.75, 3.05) is 12.4 Å². The van der Waals surface area contributed by atoms with Crippen molar-refractivity contribution in [1.82, 2.24) is 10.5 Å². The summed E-state index contributed by atoms with van der Waals surface area (Å²) in [5.74, 6) is -0.267. The van der Waals surface area contributed by atoms with E-state index in [0.717, 1.165) is 23.7 Å². The second-order valence-electron chi connectivity index (χ2n) is 5.88. The molecule has 124 valence electrons. The quantitative estimate of drug-likeness (QED) is 0.780. The highest BCUT2D eigenvalue weighted by Gasteiger charge is 2.30. The average molecular weight is 336 g/mol. The first-order valence-electron chi connectivity index (χ1n) is 7.63. The molecule has 2 N–H and O–H groups in total. The minimum atomic E-state index is -3.39. The summed E-state index contributed by atoms with van der Waals surface area (Å²) < 4.78 is 30.3. The van der Waals surface area contributed by atoms with Crippen molar-refractivity contribution in [2.24, 2.45) is 0 Å². The van der Waals surface area contributed by atoms with E-state index in [0.29, 0.717) is 12.2 Å². The highest BCUT2D eigenvalue weighted by Crippen LogP contribution is 2.19. The monoisotopic (exact) mass is 336 g/mol. The lowest BCUT2D eigenvalue weighted by atomic mass is 10.1. The molecule has 1 aliphatic rings. The van der Waals surface area contributed by atoms with Crippen LogP contribution < -0.4 is 5.48 Å². The number of sulfone groups is 1. The second kappa shape index (κ2) is 6.92. The Bertz CT molecular complexity index is 772. The van der Waals surface area contributed by atoms with Crippen LogP contribution in [0.15, 0.2) is 36.5 Å². The maximum atomic E-state index is 12.4. The maximum absolute atomic E-state index is 12.4. The molecule has 1 aromatic carbocycles. The summed E-state index contributed by atoms with van der Waals surface area (Å²) in [7, 11) is -3.39. The molecule has 1 fully saturated rings. The number of rotatable bonds is 6. The van der Waals surface area contributed by atoms with Gasteiger partial charge < -0.3 is 9.94 Å². The molecule has 2 aromatic rings. The van der Waals surface area contributed by atoms with Crippen LogP contribution in [0.2, 0.25) is 0 Å². The number of fused-ring (bicyclic) bond motifs is 1. The van der Waals surface area contributed by atoms with Gasteiger partial charge in [-0.1, -0.05) is 18.2 Å². The Kier molecular flexibility index (Phi) is 4.91. The highest BCUT2D eigenvalue weighted by atomic mass is 32.2. The van der Waals surface area contributed by atoms with Gasteiger partial charge in [-0.2, -0.15) is 5.48 Å². The first-order chi connectivity index (χ1) is 11.1. The van der Waals surface area contributed by atoms with E-state index in [-0.39, 0.29) is 17.6 Å². The average Bonchev–Trinajstić information content (AvgIpc) is 3.06. The van der Waals surface area contributed by atoms with Crippen LogP contribution in [0.4, 0.5) is 0 Å². The van der Waals surface area contributed by atoms with Gasteiger partial charge in [0.25, 0.3) is 0 Å². The van der Waals surface area contributed by atoms with Crippen molar-refractivity contribution in [3.05, 3.63) is 42.1 Å². The molecule has 3 rings (SSSR count). The largest absolute Gasteiger partial charge is 0.376 e. The number of aromatic nitrogens is 1. The molecule has 0 aliphatic carbocycles. The molecule has 0 saturated carbocycles. The van der Waals surface area contributed by atoms with Gasteiger partial charge in [-0.3, -0.25) is 4.98 Å². The fraction of sp³-hybridized carbons (Fsp3) is 0.438. The van der Waals surface area contributed by atoms with Crippen molar-refractivity contribution in [3.63, 3.8) is 0 Å². The minimum absolute atomic E-state index is 0.101. The smallest absolute Gasteiger partial charge is 0.156 e. The van der Waals surface area contributed by atoms with Crippen molar-refractivity contribution in [1.29, 1.82) is 0 Å². The lowest BCUT2D eigenvalue weighted by molar-refractivity contribution is 0.0281. The van der Waals surface area contributed by atoms with E-state index in [1.807, 2.05) is 30.3 Å². The fourth-order valence-corrected chi connectivity index (χ4v) is 4.55. The number of hydrogen-bond acceptors (Lipinski definition) is 6. The lowest BCUT2D eigenvalue weighted by Crippen LogP contribution is -2.43. The predicted octanol–water partition coefficient (Wildman–Crippen LogP) is 1.68. The van der Waals surface area contributed by atoms with Gasteiger partial charge in [0, 0.05) is 18.2 Å². The number of ether oxygens (including phenoxy) is 1. The van der Waals surface area contributed by atoms with Crippen molar-refractivity contribution < 1.29 is 18.4 Å². The Morgan fingerprint density at radius 1 is 1.39 bits per heavy atom. The molecule has 0 radical (unpaired) electrons. The first kappa shape index (κ1) is 16.3. The number of nitrogens with zero attached hydrogens (tertiary/aromatic N) is 1. The van der Waals surface area contributed by atoms with Crippen molar-refractivity contribution >= 4 is 20.7 Å². The molecule has 2 atom stereocenters. The van der Waals surface area contributed by atoms with Crippen LogP contribution in [0.3, 0.4) is 0 Å². The summed E-state index contributed by atoms with van der Waals surface area (Å²) in [6.07, 6.45) is 2.97. The van der Waals surface area contributed by atoms with Crippen LogP contribution >= 0.6 is 0 Å². The molecule has 0 bridgehead atoms. The van der Waals surface area contributed by atoms with E-state index >= 15 is 0 Å². The topological polar surface area (TPSA) is 88.5 Å². The van der Waals surface area contributed by atoms with Crippen LogP contribution in [-0.2, 0) is 20.3 Å². The molecular weight excluding hydrogens is 316 g/mol. The predicted molar refractivity (Wildman–Crippen MR) is 86.9 cm³/mol. The van der Waals surface area contributed by atoms with E-state index in [4.69, 9.17) is 4.74 Å². The van der Waals surface area contributed by atoms with Crippen LogP contribution in [0.25, 0.3) is 10.9 Å². The van der Waals surface area contributed by atoms with Gasteiger partial charge in [-0.25, -0.2) is 8.42 Å². The van der Waals surface area contributed by atoms with E-state index in [1.165, 1.54) is 0 Å². The molecule has 7 heteroatoms. The molecule has 1 aromatic heterocycles. The van der Waals surface area contributed by atoms with Crippen molar-refractivity contribution in [2.45, 2.75) is 30.7 Å². The maximum Gasteiger partial charge on any atom is 0.156 e. The van der Waals surface area contributed by atoms with Crippen LogP contribution in [0.1, 0.15) is 18.4 Å². The van der Waals surface area contributed by atoms with Crippen LogP contribution in [-0.4, -0.2) is 43.1 Å². The third-order valence-corrected chi connectivity index (χ3v) is 5.69. The number of benzene rings is 1. The molecule has 0 spiro atoms. The molecule has 23 heavy (non-hydrogen) atoms. The number of hydrogen-bond donors (Lipinski definition) is 2. The van der Waals surface area contributed by atoms with Gasteiger partial charge in [0.2, 0.25) is 0 Å². The highest BCUT2D eigenvalue weighted by molar-refractivity contribution is 7.90. The summed E-state index contributed by atoms with van der Waals surface area (Å²) >= 11 is 0.